The van der Waals surface area contributed by atoms with Gasteiger partial charge in [0.1, 0.15) is 0 Å². The maximum Gasteiger partial charge on any atom is 0.0361 e. The molecule has 7 aromatic carbocycles. The average Bonchev–Trinajstić information content (AvgIpc) is 3.44. The van der Waals surface area contributed by atoms with Crippen molar-refractivity contribution < 1.29 is 0 Å². The molecule has 0 amide bonds. The zero-order chi connectivity index (χ0) is 28.8. The summed E-state index contributed by atoms with van der Waals surface area (Å²) in [6.07, 6.45) is 6.14. The topological polar surface area (TPSA) is 0 Å². The van der Waals surface area contributed by atoms with Crippen molar-refractivity contribution in [3.8, 4) is 22.3 Å². The number of hydrogen-bond acceptors (Lipinski definition) is 1. The Morgan fingerprint density at radius 3 is 2.05 bits per heavy atom. The monoisotopic (exact) mass is 570 g/mol. The molecule has 1 aromatic heterocycles. The van der Waals surface area contributed by atoms with E-state index in [1.807, 2.05) is 11.3 Å². The summed E-state index contributed by atoms with van der Waals surface area (Å²) in [5, 5.41) is 10.7. The second kappa shape index (κ2) is 11.0. The summed E-state index contributed by atoms with van der Waals surface area (Å²) in [4.78, 5) is 0. The van der Waals surface area contributed by atoms with Crippen LogP contribution in [0.2, 0.25) is 0 Å². The Hall–Kier alpha value is -4.46. The highest BCUT2D eigenvalue weighted by atomic mass is 32.1. The van der Waals surface area contributed by atoms with Crippen LogP contribution >= 0.6 is 11.3 Å². The van der Waals surface area contributed by atoms with Gasteiger partial charge < -0.3 is 0 Å². The lowest BCUT2D eigenvalue weighted by Crippen LogP contribution is -1.96. The largest absolute Gasteiger partial charge is 0.135 e. The molecule has 1 heteroatoms. The van der Waals surface area contributed by atoms with Crippen molar-refractivity contribution in [3.05, 3.63) is 133 Å². The molecule has 0 unspecified atom stereocenters. The van der Waals surface area contributed by atoms with E-state index in [-0.39, 0.29) is 0 Å². The SMILES string of the molecule is CCCCCCc1cccc2c(-c3ccc4ccccc4c3)c3ccccc3c(-c3cccc4sc5ccccc5c34)c12. The van der Waals surface area contributed by atoms with E-state index in [2.05, 4.69) is 134 Å². The molecule has 0 atom stereocenters. The molecule has 0 spiro atoms. The predicted octanol–water partition coefficient (Wildman–Crippen LogP) is 13.0. The third kappa shape index (κ3) is 4.42. The van der Waals surface area contributed by atoms with Gasteiger partial charge >= 0.3 is 0 Å². The highest BCUT2D eigenvalue weighted by Crippen LogP contribution is 2.49. The highest BCUT2D eigenvalue weighted by molar-refractivity contribution is 7.25. The van der Waals surface area contributed by atoms with E-state index in [4.69, 9.17) is 0 Å². The summed E-state index contributed by atoms with van der Waals surface area (Å²) >= 11 is 1.91. The fraction of sp³-hybridized carbons (Fsp3) is 0.143. The second-order valence-electron chi connectivity index (χ2n) is 11.8. The predicted molar refractivity (Wildman–Crippen MR) is 191 cm³/mol. The molecule has 0 aliphatic heterocycles. The van der Waals surface area contributed by atoms with Gasteiger partial charge in [-0.1, -0.05) is 135 Å². The van der Waals surface area contributed by atoms with E-state index in [0.29, 0.717) is 0 Å². The van der Waals surface area contributed by atoms with Gasteiger partial charge in [-0.15, -0.1) is 11.3 Å². The molecular formula is C42H34S. The number of aryl methyl sites for hydroxylation is 1. The van der Waals surface area contributed by atoms with Crippen LogP contribution in [-0.4, -0.2) is 0 Å². The van der Waals surface area contributed by atoms with Crippen LogP contribution in [0.5, 0.6) is 0 Å². The number of hydrogen-bond donors (Lipinski definition) is 0. The fourth-order valence-corrected chi connectivity index (χ4v) is 8.30. The van der Waals surface area contributed by atoms with Gasteiger partial charge in [-0.2, -0.15) is 0 Å². The Bertz CT molecular complexity index is 2280. The first kappa shape index (κ1) is 26.2. The molecule has 0 aliphatic rings. The molecule has 1 heterocycles. The minimum absolute atomic E-state index is 1.10. The van der Waals surface area contributed by atoms with Crippen molar-refractivity contribution in [1.82, 2.24) is 0 Å². The van der Waals surface area contributed by atoms with Crippen LogP contribution in [0.25, 0.3) is 74.7 Å². The van der Waals surface area contributed by atoms with E-state index in [0.717, 1.165) is 6.42 Å². The Labute approximate surface area is 257 Å². The number of fused-ring (bicyclic) bond motifs is 6. The molecule has 0 nitrogen and oxygen atoms in total. The van der Waals surface area contributed by atoms with Gasteiger partial charge in [0.2, 0.25) is 0 Å². The van der Waals surface area contributed by atoms with Crippen LogP contribution in [0.15, 0.2) is 127 Å². The Kier molecular flexibility index (Phi) is 6.69. The fourth-order valence-electron chi connectivity index (χ4n) is 7.17. The number of unbranched alkanes of at least 4 members (excludes halogenated alkanes) is 3. The smallest absolute Gasteiger partial charge is 0.0361 e. The van der Waals surface area contributed by atoms with E-state index in [1.165, 1.54) is 106 Å². The lowest BCUT2D eigenvalue weighted by molar-refractivity contribution is 0.668. The quantitative estimate of drug-likeness (QED) is 0.132. The van der Waals surface area contributed by atoms with Gasteiger partial charge in [0.25, 0.3) is 0 Å². The van der Waals surface area contributed by atoms with Gasteiger partial charge in [-0.05, 0) is 91.2 Å². The van der Waals surface area contributed by atoms with E-state index in [9.17, 15) is 0 Å². The van der Waals surface area contributed by atoms with Crippen molar-refractivity contribution in [1.29, 1.82) is 0 Å². The van der Waals surface area contributed by atoms with Crippen LogP contribution in [-0.2, 0) is 6.42 Å². The van der Waals surface area contributed by atoms with Gasteiger partial charge in [0.15, 0.2) is 0 Å². The molecule has 8 aromatic rings. The van der Waals surface area contributed by atoms with Crippen molar-refractivity contribution >= 4 is 63.8 Å². The number of benzene rings is 7. The first-order valence-electron chi connectivity index (χ1n) is 15.7. The average molecular weight is 571 g/mol. The highest BCUT2D eigenvalue weighted by Gasteiger charge is 2.21. The molecule has 0 saturated heterocycles. The van der Waals surface area contributed by atoms with Crippen LogP contribution in [0, 0.1) is 0 Å². The molecular weight excluding hydrogens is 537 g/mol. The third-order valence-electron chi connectivity index (χ3n) is 9.15. The summed E-state index contributed by atoms with van der Waals surface area (Å²) < 4.78 is 2.71. The molecule has 0 N–H and O–H groups in total. The molecule has 8 rings (SSSR count). The van der Waals surface area contributed by atoms with Crippen LogP contribution in [0.1, 0.15) is 38.2 Å². The lowest BCUT2D eigenvalue weighted by atomic mass is 9.82. The lowest BCUT2D eigenvalue weighted by Gasteiger charge is -2.21. The summed E-state index contributed by atoms with van der Waals surface area (Å²) in [5.74, 6) is 0. The molecule has 0 aliphatic carbocycles. The maximum atomic E-state index is 2.39. The van der Waals surface area contributed by atoms with Crippen molar-refractivity contribution in [2.24, 2.45) is 0 Å². The third-order valence-corrected chi connectivity index (χ3v) is 10.3. The Morgan fingerprint density at radius 2 is 1.19 bits per heavy atom. The molecule has 208 valence electrons. The molecule has 43 heavy (non-hydrogen) atoms. The van der Waals surface area contributed by atoms with Crippen molar-refractivity contribution in [2.75, 3.05) is 0 Å². The van der Waals surface area contributed by atoms with Crippen molar-refractivity contribution in [2.45, 2.75) is 39.0 Å². The molecule has 0 fully saturated rings. The standard InChI is InChI=1S/C42H34S/c1-2-3-4-5-15-29-17-12-21-35-39(31-26-25-28-14-6-7-16-30(28)27-31)32-18-8-9-19-33(32)42(40(29)35)36-22-13-24-38-41(36)34-20-10-11-23-37(34)43-38/h6-14,16-27H,2-5,15H2,1H3. The minimum atomic E-state index is 1.10. The summed E-state index contributed by atoms with van der Waals surface area (Å²) in [5.41, 5.74) is 6.83. The number of thiophene rings is 1. The van der Waals surface area contributed by atoms with Gasteiger partial charge in [0, 0.05) is 20.2 Å². The molecule has 0 saturated carbocycles. The zero-order valence-electron chi connectivity index (χ0n) is 24.6. The first-order chi connectivity index (χ1) is 21.3. The van der Waals surface area contributed by atoms with E-state index < -0.39 is 0 Å². The van der Waals surface area contributed by atoms with E-state index >= 15 is 0 Å². The normalized spacial score (nSPS) is 11.8. The summed E-state index contributed by atoms with van der Waals surface area (Å²) in [6, 6.07) is 47.7. The summed E-state index contributed by atoms with van der Waals surface area (Å²) in [7, 11) is 0. The molecule has 0 bridgehead atoms. The van der Waals surface area contributed by atoms with Crippen LogP contribution in [0.4, 0.5) is 0 Å². The van der Waals surface area contributed by atoms with E-state index in [1.54, 1.807) is 0 Å². The maximum absolute atomic E-state index is 2.39. The minimum Gasteiger partial charge on any atom is -0.135 e. The summed E-state index contributed by atoms with van der Waals surface area (Å²) in [6.45, 7) is 2.30. The second-order valence-corrected chi connectivity index (χ2v) is 12.9. The van der Waals surface area contributed by atoms with Gasteiger partial charge in [-0.3, -0.25) is 0 Å². The Morgan fingerprint density at radius 1 is 0.488 bits per heavy atom. The van der Waals surface area contributed by atoms with Crippen LogP contribution in [0.3, 0.4) is 0 Å². The van der Waals surface area contributed by atoms with Gasteiger partial charge in [0.05, 0.1) is 0 Å². The van der Waals surface area contributed by atoms with Crippen LogP contribution < -0.4 is 0 Å². The number of rotatable bonds is 7. The molecule has 0 radical (unpaired) electrons. The van der Waals surface area contributed by atoms with Gasteiger partial charge in [-0.25, -0.2) is 0 Å². The Balaban J connectivity index is 1.51. The zero-order valence-corrected chi connectivity index (χ0v) is 25.4. The first-order valence-corrected chi connectivity index (χ1v) is 16.5. The van der Waals surface area contributed by atoms with Crippen molar-refractivity contribution in [3.63, 3.8) is 0 Å².